The Labute approximate surface area is 151 Å². The maximum Gasteiger partial charge on any atom is 0.362 e. The van der Waals surface area contributed by atoms with Crippen molar-refractivity contribution >= 4 is 5.69 Å². The number of benzene rings is 2. The van der Waals surface area contributed by atoms with E-state index in [0.29, 0.717) is 31.0 Å². The van der Waals surface area contributed by atoms with E-state index in [4.69, 9.17) is 4.74 Å². The summed E-state index contributed by atoms with van der Waals surface area (Å²) in [6, 6.07) is 20.7. The van der Waals surface area contributed by atoms with Crippen LogP contribution < -0.4 is 9.75 Å². The number of hydrogen-bond donors (Lipinski definition) is 1. The lowest BCUT2D eigenvalue weighted by atomic mass is 10.2. The van der Waals surface area contributed by atoms with Crippen molar-refractivity contribution in [3.05, 3.63) is 95.2 Å². The molecule has 1 aromatic heterocycles. The molecular formula is C20H20N3O3+. The minimum atomic E-state index is -0.138. The highest BCUT2D eigenvalue weighted by atomic mass is 16.7. The van der Waals surface area contributed by atoms with E-state index in [1.54, 1.807) is 36.7 Å². The number of ether oxygens (including phenoxy) is 1. The van der Waals surface area contributed by atoms with Crippen LogP contribution in [0.3, 0.4) is 0 Å². The lowest BCUT2D eigenvalue weighted by molar-refractivity contribution is -0.799. The third-order valence-electron chi connectivity index (χ3n) is 3.95. The molecule has 0 saturated heterocycles. The summed E-state index contributed by atoms with van der Waals surface area (Å²) in [6.07, 6.45) is 4.01. The molecule has 0 aliphatic heterocycles. The Hall–Kier alpha value is -3.41. The second-order valence-corrected chi connectivity index (χ2v) is 5.75. The molecular weight excluding hydrogens is 330 g/mol. The van der Waals surface area contributed by atoms with Crippen molar-refractivity contribution in [1.82, 2.24) is 4.98 Å². The Kier molecular flexibility index (Phi) is 5.77. The topological polar surface area (TPSA) is 65.7 Å². The Morgan fingerprint density at radius 3 is 2.27 bits per heavy atom. The molecule has 0 aliphatic rings. The second-order valence-electron chi connectivity index (χ2n) is 5.75. The van der Waals surface area contributed by atoms with Crippen molar-refractivity contribution < 1.29 is 15.0 Å². The number of rotatable bonds is 8. The molecule has 2 aromatic carbocycles. The number of anilines is 1. The van der Waals surface area contributed by atoms with Gasteiger partial charge in [0.25, 0.3) is 0 Å². The minimum Gasteiger partial charge on any atom is -0.489 e. The molecule has 0 bridgehead atoms. The Balaban J connectivity index is 1.61. The molecule has 0 radical (unpaired) electrons. The zero-order valence-corrected chi connectivity index (χ0v) is 14.2. The predicted octanol–water partition coefficient (Wildman–Crippen LogP) is 3.79. The first kappa shape index (κ1) is 17.4. The first-order valence-electron chi connectivity index (χ1n) is 8.31. The standard InChI is InChI=1S/C20H20N3O3/c24-23(25)22(15-12-17-10-13-21-14-11-17)19-6-8-20(9-7-19)26-16-18-4-2-1-3-5-18/h1-11,13-14H,12,15-16H2,(H,24,25)/q+1. The number of nitrogens with zero attached hydrogens (tertiary/aromatic N) is 3. The van der Waals surface area contributed by atoms with Gasteiger partial charge in [0.1, 0.15) is 23.0 Å². The van der Waals surface area contributed by atoms with Gasteiger partial charge in [-0.25, -0.2) is 5.21 Å². The molecule has 3 rings (SSSR count). The smallest absolute Gasteiger partial charge is 0.362 e. The first-order chi connectivity index (χ1) is 12.7. The van der Waals surface area contributed by atoms with E-state index < -0.39 is 0 Å². The Morgan fingerprint density at radius 2 is 1.62 bits per heavy atom. The summed E-state index contributed by atoms with van der Waals surface area (Å²) < 4.78 is 5.74. The maximum atomic E-state index is 11.5. The molecule has 1 heterocycles. The van der Waals surface area contributed by atoms with E-state index >= 15 is 0 Å². The van der Waals surface area contributed by atoms with Crippen LogP contribution in [0.1, 0.15) is 11.1 Å². The molecule has 0 spiro atoms. The SMILES string of the molecule is O=[N+](O)N(CCc1ccncc1)c1ccc(OCc2ccccc2)cc1. The van der Waals surface area contributed by atoms with Crippen molar-refractivity contribution in [2.75, 3.05) is 11.6 Å². The zero-order valence-electron chi connectivity index (χ0n) is 14.2. The summed E-state index contributed by atoms with van der Waals surface area (Å²) in [5.41, 5.74) is 2.70. The van der Waals surface area contributed by atoms with Gasteiger partial charge in [-0.3, -0.25) is 4.98 Å². The fraction of sp³-hybridized carbons (Fsp3) is 0.150. The molecule has 26 heavy (non-hydrogen) atoms. The molecule has 0 unspecified atom stereocenters. The number of hydrogen-bond acceptors (Lipinski definition) is 3. The summed E-state index contributed by atoms with van der Waals surface area (Å²) in [7, 11) is 0. The molecule has 6 nitrogen and oxygen atoms in total. The average molecular weight is 350 g/mol. The fourth-order valence-electron chi connectivity index (χ4n) is 2.55. The Bertz CT molecular complexity index is 824. The molecule has 6 heteroatoms. The third-order valence-corrected chi connectivity index (χ3v) is 3.95. The van der Waals surface area contributed by atoms with Crippen molar-refractivity contribution in [3.8, 4) is 5.75 Å². The van der Waals surface area contributed by atoms with E-state index in [0.717, 1.165) is 11.1 Å². The highest BCUT2D eigenvalue weighted by Gasteiger charge is 2.22. The number of hydrazine groups is 1. The van der Waals surface area contributed by atoms with Crippen LogP contribution in [-0.2, 0) is 13.0 Å². The van der Waals surface area contributed by atoms with Crippen LogP contribution in [0.25, 0.3) is 0 Å². The number of pyridine rings is 1. The fourth-order valence-corrected chi connectivity index (χ4v) is 2.55. The summed E-state index contributed by atoms with van der Waals surface area (Å²) >= 11 is 0. The van der Waals surface area contributed by atoms with Gasteiger partial charge in [-0.1, -0.05) is 35.3 Å². The normalized spacial score (nSPS) is 10.3. The van der Waals surface area contributed by atoms with Crippen LogP contribution in [0.5, 0.6) is 5.75 Å². The molecule has 132 valence electrons. The van der Waals surface area contributed by atoms with Gasteiger partial charge in [0.2, 0.25) is 0 Å². The van der Waals surface area contributed by atoms with Gasteiger partial charge in [0.05, 0.1) is 6.54 Å². The van der Waals surface area contributed by atoms with E-state index in [-0.39, 0.29) is 5.03 Å². The van der Waals surface area contributed by atoms with E-state index in [9.17, 15) is 10.1 Å². The van der Waals surface area contributed by atoms with E-state index in [1.165, 1.54) is 5.01 Å². The zero-order chi connectivity index (χ0) is 18.2. The van der Waals surface area contributed by atoms with Crippen molar-refractivity contribution in [1.29, 1.82) is 0 Å². The van der Waals surface area contributed by atoms with Gasteiger partial charge in [-0.05, 0) is 53.9 Å². The molecule has 3 aromatic rings. The Morgan fingerprint density at radius 1 is 0.923 bits per heavy atom. The van der Waals surface area contributed by atoms with E-state index in [2.05, 4.69) is 4.98 Å². The molecule has 0 aliphatic carbocycles. The number of aromatic nitrogens is 1. The van der Waals surface area contributed by atoms with Crippen molar-refractivity contribution in [2.45, 2.75) is 13.0 Å². The third kappa shape index (κ3) is 4.80. The quantitative estimate of drug-likeness (QED) is 0.626. The molecule has 0 fully saturated rings. The molecule has 1 N–H and O–H groups in total. The predicted molar refractivity (Wildman–Crippen MR) is 97.9 cm³/mol. The second kappa shape index (κ2) is 8.62. The van der Waals surface area contributed by atoms with Crippen LogP contribution >= 0.6 is 0 Å². The lowest BCUT2D eigenvalue weighted by Gasteiger charge is -2.12. The summed E-state index contributed by atoms with van der Waals surface area (Å²) in [6.45, 7) is 0.813. The highest BCUT2D eigenvalue weighted by Crippen LogP contribution is 2.20. The average Bonchev–Trinajstić information content (AvgIpc) is 2.69. The first-order valence-corrected chi connectivity index (χ1v) is 8.31. The van der Waals surface area contributed by atoms with Crippen molar-refractivity contribution in [2.24, 2.45) is 0 Å². The van der Waals surface area contributed by atoms with Crippen molar-refractivity contribution in [3.63, 3.8) is 0 Å². The van der Waals surface area contributed by atoms with E-state index in [1.807, 2.05) is 42.5 Å². The van der Waals surface area contributed by atoms with Gasteiger partial charge < -0.3 is 4.74 Å². The highest BCUT2D eigenvalue weighted by molar-refractivity contribution is 5.46. The van der Waals surface area contributed by atoms with Gasteiger partial charge in [0.15, 0.2) is 0 Å². The summed E-state index contributed by atoms with van der Waals surface area (Å²) in [4.78, 5) is 15.5. The van der Waals surface area contributed by atoms with Crippen LogP contribution in [0.4, 0.5) is 5.69 Å². The van der Waals surface area contributed by atoms with Crippen LogP contribution in [-0.4, -0.2) is 21.8 Å². The monoisotopic (exact) mass is 350 g/mol. The molecule has 0 amide bonds. The van der Waals surface area contributed by atoms with Gasteiger partial charge in [-0.2, -0.15) is 0 Å². The largest absolute Gasteiger partial charge is 0.489 e. The van der Waals surface area contributed by atoms with Crippen LogP contribution in [0, 0.1) is 4.91 Å². The minimum absolute atomic E-state index is 0.138. The summed E-state index contributed by atoms with van der Waals surface area (Å²) in [5, 5.41) is 10.5. The lowest BCUT2D eigenvalue weighted by Crippen LogP contribution is -2.33. The van der Waals surface area contributed by atoms with Gasteiger partial charge in [0, 0.05) is 12.4 Å². The summed E-state index contributed by atoms with van der Waals surface area (Å²) in [5.74, 6) is 0.696. The molecule has 0 saturated carbocycles. The van der Waals surface area contributed by atoms with Gasteiger partial charge in [-0.15, -0.1) is 0 Å². The van der Waals surface area contributed by atoms with Gasteiger partial charge >= 0.3 is 5.03 Å². The van der Waals surface area contributed by atoms with Crippen LogP contribution in [0.2, 0.25) is 0 Å². The molecule has 0 atom stereocenters. The van der Waals surface area contributed by atoms with Crippen LogP contribution in [0.15, 0.2) is 79.1 Å². The maximum absolute atomic E-state index is 11.5.